The van der Waals surface area contributed by atoms with E-state index in [0.29, 0.717) is 19.3 Å². The topological polar surface area (TPSA) is 374 Å². The third-order valence-corrected chi connectivity index (χ3v) is 18.9. The number of allylic oxidation sites excluding steroid dienone is 4. The lowest BCUT2D eigenvalue weighted by molar-refractivity contribution is -0.360. The van der Waals surface area contributed by atoms with Gasteiger partial charge in [-0.25, -0.2) is 4.57 Å². The minimum atomic E-state index is -5.70. The Bertz CT molecular complexity index is 2070. The Labute approximate surface area is 566 Å². The van der Waals surface area contributed by atoms with E-state index in [9.17, 15) is 74.9 Å². The number of carbonyl (C=O) groups excluding carboxylic acids is 3. The fraction of sp³-hybridized carbons (Fsp3) is 0.900. The van der Waals surface area contributed by atoms with E-state index >= 15 is 0 Å². The van der Waals surface area contributed by atoms with Crippen LogP contribution in [0.1, 0.15) is 271 Å². The maximum atomic E-state index is 14.3. The highest BCUT2D eigenvalue weighted by molar-refractivity contribution is 7.47. The number of phosphoric acid groups is 1. The molecular weight excluding hydrogens is 1260 g/mol. The van der Waals surface area contributed by atoms with Crippen LogP contribution in [-0.4, -0.2) is 204 Å². The van der Waals surface area contributed by atoms with E-state index in [1.807, 2.05) is 0 Å². The number of hydrogen-bond donors (Lipinski definition) is 11. The van der Waals surface area contributed by atoms with Crippen molar-refractivity contribution in [2.75, 3.05) is 26.4 Å². The van der Waals surface area contributed by atoms with E-state index in [-0.39, 0.29) is 19.3 Å². The van der Waals surface area contributed by atoms with Crippen LogP contribution >= 0.6 is 7.82 Å². The van der Waals surface area contributed by atoms with Gasteiger partial charge in [-0.15, -0.1) is 0 Å². The lowest BCUT2D eigenvalue weighted by Gasteiger charge is -2.49. The third kappa shape index (κ3) is 36.1. The van der Waals surface area contributed by atoms with Gasteiger partial charge in [0, 0.05) is 19.3 Å². The molecule has 0 aromatic rings. The molecule has 0 bridgehead atoms. The van der Waals surface area contributed by atoms with Crippen molar-refractivity contribution in [3.05, 3.63) is 24.3 Å². The van der Waals surface area contributed by atoms with Crippen molar-refractivity contribution >= 4 is 25.7 Å². The molecule has 1 aliphatic carbocycles. The second kappa shape index (κ2) is 52.4. The summed E-state index contributed by atoms with van der Waals surface area (Å²) in [5.41, 5.74) is 0. The summed E-state index contributed by atoms with van der Waals surface area (Å²) in [6.07, 6.45) is 11.2. The average Bonchev–Trinajstić information content (AvgIpc) is 0.768. The van der Waals surface area contributed by atoms with E-state index in [1.165, 1.54) is 116 Å². The zero-order valence-electron chi connectivity index (χ0n) is 57.7. The maximum Gasteiger partial charge on any atom is 0.472 e. The van der Waals surface area contributed by atoms with E-state index in [1.54, 1.807) is 0 Å². The van der Waals surface area contributed by atoms with Gasteiger partial charge in [-0.05, 0) is 70.6 Å². The summed E-state index contributed by atoms with van der Waals surface area (Å²) in [6.45, 7) is 3.39. The van der Waals surface area contributed by atoms with E-state index in [4.69, 9.17) is 42.2 Å². The number of carbonyl (C=O) groups is 3. The largest absolute Gasteiger partial charge is 0.472 e. The molecule has 3 rings (SSSR count). The molecule has 1 saturated carbocycles. The van der Waals surface area contributed by atoms with E-state index < -0.39 is 156 Å². The van der Waals surface area contributed by atoms with Gasteiger partial charge < -0.3 is 89.1 Å². The summed E-state index contributed by atoms with van der Waals surface area (Å²) in [5, 5.41) is 110. The van der Waals surface area contributed by atoms with Crippen molar-refractivity contribution in [3.8, 4) is 0 Å². The predicted octanol–water partition coefficient (Wildman–Crippen LogP) is 9.35. The van der Waals surface area contributed by atoms with Crippen LogP contribution in [0.3, 0.4) is 0 Å². The van der Waals surface area contributed by atoms with Crippen LogP contribution in [0.5, 0.6) is 0 Å². The quantitative estimate of drug-likeness (QED) is 0.00887. The molecule has 556 valence electrons. The highest BCUT2D eigenvalue weighted by Gasteiger charge is 2.58. The van der Waals surface area contributed by atoms with Gasteiger partial charge in [0.05, 0.1) is 13.2 Å². The average molecular weight is 1380 g/mol. The number of aliphatic hydroxyl groups is 10. The second-order valence-electron chi connectivity index (χ2n) is 26.3. The number of rotatable bonds is 56. The second-order valence-corrected chi connectivity index (χ2v) is 27.7. The van der Waals surface area contributed by atoms with Crippen LogP contribution in [0.25, 0.3) is 0 Å². The van der Waals surface area contributed by atoms with Crippen molar-refractivity contribution in [2.45, 2.75) is 375 Å². The van der Waals surface area contributed by atoms with Crippen molar-refractivity contribution in [2.24, 2.45) is 0 Å². The first-order valence-corrected chi connectivity index (χ1v) is 38.1. The van der Waals surface area contributed by atoms with Crippen LogP contribution in [0.2, 0.25) is 0 Å². The van der Waals surface area contributed by atoms with Gasteiger partial charge in [-0.2, -0.15) is 0 Å². The molecule has 18 atom stereocenters. The molecule has 0 radical (unpaired) electrons. The lowest BCUT2D eigenvalue weighted by Crippen LogP contribution is -2.69. The summed E-state index contributed by atoms with van der Waals surface area (Å²) >= 11 is 0. The maximum absolute atomic E-state index is 14.3. The fourth-order valence-corrected chi connectivity index (χ4v) is 12.9. The molecule has 2 aliphatic heterocycles. The smallest absolute Gasteiger partial charge is 0.463 e. The Morgan fingerprint density at radius 3 is 1.15 bits per heavy atom. The van der Waals surface area contributed by atoms with Gasteiger partial charge in [0.2, 0.25) is 0 Å². The monoisotopic (exact) mass is 1380 g/mol. The number of phosphoric ester groups is 1. The summed E-state index contributed by atoms with van der Waals surface area (Å²) in [7, 11) is -5.70. The highest BCUT2D eigenvalue weighted by atomic mass is 31.2. The predicted molar refractivity (Wildman–Crippen MR) is 356 cm³/mol. The van der Waals surface area contributed by atoms with Gasteiger partial charge in [0.15, 0.2) is 18.7 Å². The molecule has 0 aromatic carbocycles. The lowest BCUT2D eigenvalue weighted by atomic mass is 9.84. The van der Waals surface area contributed by atoms with E-state index in [0.717, 1.165) is 96.3 Å². The Balaban J connectivity index is 1.75. The van der Waals surface area contributed by atoms with Crippen LogP contribution in [-0.2, 0) is 61.2 Å². The standard InChI is InChI=1S/C70H127O24P/c1-4-7-10-13-16-19-22-25-28-30-33-36-39-42-45-55(73)87-50-53-58(76)60(78)65(83)70(91-53)93-67-63(81)61(79)62(80)66(92-69-64(82)59(77)57(75)52(47-71)90-69)68(67)94-95(84,85)88-49-51(89-56(74)46-43-40-37-34-31-27-24-21-18-15-12-9-6-3)48-86-54(72)44-41-38-35-32-29-26-23-20-17-14-11-8-5-2/h26,28-30,51-53,57-71,75-83H,4-25,27,31-50H2,1-3H3,(H,84,85)/b29-26-,30-28-. The summed E-state index contributed by atoms with van der Waals surface area (Å²) in [4.78, 5) is 50.9. The molecule has 3 fully saturated rings. The Morgan fingerprint density at radius 2 is 0.737 bits per heavy atom. The minimum Gasteiger partial charge on any atom is -0.463 e. The van der Waals surface area contributed by atoms with E-state index in [2.05, 4.69) is 45.1 Å². The molecule has 0 aromatic heterocycles. The molecule has 95 heavy (non-hydrogen) atoms. The van der Waals surface area contributed by atoms with Crippen LogP contribution < -0.4 is 0 Å². The number of ether oxygens (including phenoxy) is 7. The van der Waals surface area contributed by atoms with Gasteiger partial charge in [-0.3, -0.25) is 23.4 Å². The Morgan fingerprint density at radius 1 is 0.400 bits per heavy atom. The van der Waals surface area contributed by atoms with Crippen LogP contribution in [0.15, 0.2) is 24.3 Å². The first kappa shape index (κ1) is 86.7. The molecule has 0 amide bonds. The third-order valence-electron chi connectivity index (χ3n) is 18.0. The number of hydrogen-bond acceptors (Lipinski definition) is 23. The zero-order valence-corrected chi connectivity index (χ0v) is 58.6. The number of unbranched alkanes of at least 4 members (excludes halogenated alkanes) is 31. The molecule has 3 aliphatic rings. The van der Waals surface area contributed by atoms with Crippen LogP contribution in [0.4, 0.5) is 0 Å². The van der Waals surface area contributed by atoms with Crippen molar-refractivity contribution in [3.63, 3.8) is 0 Å². The molecule has 0 spiro atoms. The van der Waals surface area contributed by atoms with Crippen LogP contribution in [0, 0.1) is 0 Å². The van der Waals surface area contributed by atoms with Gasteiger partial charge >= 0.3 is 25.7 Å². The van der Waals surface area contributed by atoms with Gasteiger partial charge in [0.25, 0.3) is 0 Å². The zero-order chi connectivity index (χ0) is 69.6. The van der Waals surface area contributed by atoms with Crippen molar-refractivity contribution in [1.82, 2.24) is 0 Å². The SMILES string of the molecule is CCCCCCCC/C=C\CCCCCC(=O)OCC(COP(=O)(O)OC1C(OC2OC(CO)C(O)C(O)C2O)C(O)C(O)C(O)C1OC1OC(COC(=O)CCCCC/C=C\CCCCCCCCC)C(O)C(O)C1O)OC(=O)CCCCCCCCCCCCCCC. The molecule has 2 heterocycles. The summed E-state index contributed by atoms with van der Waals surface area (Å²) in [6, 6.07) is 0. The molecule has 24 nitrogen and oxygen atoms in total. The molecule has 11 N–H and O–H groups in total. The Hall–Kier alpha value is -2.56. The van der Waals surface area contributed by atoms with Crippen molar-refractivity contribution in [1.29, 1.82) is 0 Å². The van der Waals surface area contributed by atoms with Crippen molar-refractivity contribution < 1.29 is 117 Å². The molecular formula is C70H127O24P. The first-order valence-electron chi connectivity index (χ1n) is 36.6. The molecule has 25 heteroatoms. The number of esters is 3. The summed E-state index contributed by atoms with van der Waals surface area (Å²) in [5.74, 6) is -2.02. The Kier molecular flexibility index (Phi) is 47.8. The molecule has 18 unspecified atom stereocenters. The highest BCUT2D eigenvalue weighted by Crippen LogP contribution is 2.49. The fourth-order valence-electron chi connectivity index (χ4n) is 11.9. The summed E-state index contributed by atoms with van der Waals surface area (Å²) < 4.78 is 64.9. The molecule has 2 saturated heterocycles. The minimum absolute atomic E-state index is 0.00792. The van der Waals surface area contributed by atoms with Gasteiger partial charge in [0.1, 0.15) is 98.7 Å². The normalized spacial score (nSPS) is 28.2. The number of aliphatic hydroxyl groups excluding tert-OH is 10. The first-order chi connectivity index (χ1) is 45.8. The van der Waals surface area contributed by atoms with Gasteiger partial charge in [-0.1, -0.05) is 206 Å².